The Balaban J connectivity index is 5.44. The Morgan fingerprint density at radius 1 is 0.912 bits per heavy atom. The van der Waals surface area contributed by atoms with Crippen LogP contribution in [-0.4, -0.2) is 88.6 Å². The van der Waals surface area contributed by atoms with E-state index < -0.39 is 59.9 Å². The lowest BCUT2D eigenvalue weighted by molar-refractivity contribution is -0.145. The molecule has 196 valence electrons. The third-order valence-corrected chi connectivity index (χ3v) is 5.55. The predicted molar refractivity (Wildman–Crippen MR) is 127 cm³/mol. The summed E-state index contributed by atoms with van der Waals surface area (Å²) < 4.78 is 0. The SMILES string of the molecule is CSCCC(NC(=O)C(CCC(N)=O)NC(=O)C(N)CCCCN)C(=O)NC(C(=O)O)C(C)O. The summed E-state index contributed by atoms with van der Waals surface area (Å²) >= 11 is 1.40. The summed E-state index contributed by atoms with van der Waals surface area (Å²) in [6.45, 7) is 1.66. The van der Waals surface area contributed by atoms with Gasteiger partial charge < -0.3 is 43.4 Å². The molecule has 0 spiro atoms. The lowest BCUT2D eigenvalue weighted by atomic mass is 10.1. The van der Waals surface area contributed by atoms with E-state index in [1.54, 1.807) is 6.26 Å². The molecule has 0 rings (SSSR count). The molecule has 0 aliphatic heterocycles. The molecule has 0 radical (unpaired) electrons. The molecule has 0 aliphatic carbocycles. The Kier molecular flexibility index (Phi) is 15.9. The maximum absolute atomic E-state index is 12.9. The van der Waals surface area contributed by atoms with Gasteiger partial charge in [0, 0.05) is 6.42 Å². The molecular formula is C20H38N6O7S. The highest BCUT2D eigenvalue weighted by Crippen LogP contribution is 2.06. The normalized spacial score (nSPS) is 15.3. The number of primary amides is 1. The number of rotatable bonds is 18. The molecule has 0 aromatic carbocycles. The fourth-order valence-corrected chi connectivity index (χ4v) is 3.36. The Morgan fingerprint density at radius 3 is 1.97 bits per heavy atom. The number of aliphatic hydroxyl groups excluding tert-OH is 1. The molecule has 0 saturated heterocycles. The van der Waals surface area contributed by atoms with Gasteiger partial charge in [0.2, 0.25) is 23.6 Å². The zero-order valence-corrected chi connectivity index (χ0v) is 20.4. The first-order valence-electron chi connectivity index (χ1n) is 11.0. The van der Waals surface area contributed by atoms with E-state index in [1.807, 2.05) is 0 Å². The fraction of sp³-hybridized carbons (Fsp3) is 0.750. The first-order valence-corrected chi connectivity index (χ1v) is 12.4. The number of carboxylic acids is 1. The number of thioether (sulfide) groups is 1. The van der Waals surface area contributed by atoms with E-state index in [1.165, 1.54) is 18.7 Å². The Hall–Kier alpha value is -2.42. The minimum Gasteiger partial charge on any atom is -0.480 e. The zero-order valence-electron chi connectivity index (χ0n) is 19.6. The molecule has 34 heavy (non-hydrogen) atoms. The second kappa shape index (κ2) is 17.1. The summed E-state index contributed by atoms with van der Waals surface area (Å²) in [6, 6.07) is -4.81. The first-order chi connectivity index (χ1) is 15.9. The molecule has 0 aromatic rings. The number of nitrogens with one attached hydrogen (secondary N) is 3. The number of amides is 4. The molecule has 0 bridgehead atoms. The largest absolute Gasteiger partial charge is 0.480 e. The average molecular weight is 507 g/mol. The topological polar surface area (TPSA) is 240 Å². The van der Waals surface area contributed by atoms with E-state index in [0.717, 1.165) is 0 Å². The van der Waals surface area contributed by atoms with Crippen molar-refractivity contribution >= 4 is 41.4 Å². The van der Waals surface area contributed by atoms with E-state index in [4.69, 9.17) is 17.2 Å². The third kappa shape index (κ3) is 12.7. The van der Waals surface area contributed by atoms with Gasteiger partial charge in [-0.15, -0.1) is 0 Å². The number of aliphatic hydroxyl groups is 1. The number of carboxylic acid groups (broad SMARTS) is 1. The number of unbranched alkanes of at least 4 members (excludes halogenated alkanes) is 1. The lowest BCUT2D eigenvalue weighted by Gasteiger charge is -2.25. The fourth-order valence-electron chi connectivity index (χ4n) is 2.89. The molecule has 0 fully saturated rings. The van der Waals surface area contributed by atoms with Crippen molar-refractivity contribution in [3.05, 3.63) is 0 Å². The van der Waals surface area contributed by atoms with Crippen LogP contribution in [0.15, 0.2) is 0 Å². The molecule has 11 N–H and O–H groups in total. The van der Waals surface area contributed by atoms with Crippen molar-refractivity contribution in [1.29, 1.82) is 0 Å². The van der Waals surface area contributed by atoms with Crippen LogP contribution in [0.2, 0.25) is 0 Å². The minimum absolute atomic E-state index is 0.120. The third-order valence-electron chi connectivity index (χ3n) is 4.91. The zero-order chi connectivity index (χ0) is 26.3. The van der Waals surface area contributed by atoms with E-state index in [2.05, 4.69) is 16.0 Å². The summed E-state index contributed by atoms with van der Waals surface area (Å²) in [5.41, 5.74) is 16.5. The molecule has 14 heteroatoms. The molecule has 13 nitrogen and oxygen atoms in total. The smallest absolute Gasteiger partial charge is 0.328 e. The molecular weight excluding hydrogens is 468 g/mol. The van der Waals surface area contributed by atoms with Gasteiger partial charge in [-0.1, -0.05) is 6.42 Å². The van der Waals surface area contributed by atoms with Gasteiger partial charge in [-0.3, -0.25) is 19.2 Å². The lowest BCUT2D eigenvalue weighted by Crippen LogP contribution is -2.58. The standard InChI is InChI=1S/C20H38N6O7S/c1-11(27)16(20(32)33)26-19(31)14(8-10-34-2)25-18(30)13(6-7-15(23)28)24-17(29)12(22)5-3-4-9-21/h11-14,16,27H,3-10,21-22H2,1-2H3,(H2,23,28)(H,24,29)(H,25,30)(H,26,31)(H,32,33). The van der Waals surface area contributed by atoms with Crippen molar-refractivity contribution in [1.82, 2.24) is 16.0 Å². The molecule has 5 unspecified atom stereocenters. The number of nitrogens with two attached hydrogens (primary N) is 3. The quantitative estimate of drug-likeness (QED) is 0.0900. The Bertz CT molecular complexity index is 694. The van der Waals surface area contributed by atoms with E-state index in [9.17, 15) is 34.2 Å². The number of hydrogen-bond donors (Lipinski definition) is 8. The van der Waals surface area contributed by atoms with Gasteiger partial charge in [-0.2, -0.15) is 11.8 Å². The van der Waals surface area contributed by atoms with Crippen LogP contribution in [0.1, 0.15) is 45.4 Å². The van der Waals surface area contributed by atoms with Gasteiger partial charge in [0.1, 0.15) is 12.1 Å². The minimum atomic E-state index is -1.57. The second-order valence-electron chi connectivity index (χ2n) is 7.86. The highest BCUT2D eigenvalue weighted by atomic mass is 32.2. The Labute approximate surface area is 203 Å². The van der Waals surface area contributed by atoms with Crippen LogP contribution in [0.3, 0.4) is 0 Å². The molecule has 0 heterocycles. The maximum Gasteiger partial charge on any atom is 0.328 e. The maximum atomic E-state index is 12.9. The van der Waals surface area contributed by atoms with Gasteiger partial charge in [0.05, 0.1) is 12.1 Å². The molecule has 0 aliphatic rings. The van der Waals surface area contributed by atoms with Gasteiger partial charge in [0.15, 0.2) is 6.04 Å². The monoisotopic (exact) mass is 506 g/mol. The van der Waals surface area contributed by atoms with Crippen LogP contribution >= 0.6 is 11.8 Å². The highest BCUT2D eigenvalue weighted by Gasteiger charge is 2.31. The number of carbonyl (C=O) groups is 5. The van der Waals surface area contributed by atoms with E-state index >= 15 is 0 Å². The van der Waals surface area contributed by atoms with Crippen LogP contribution < -0.4 is 33.2 Å². The van der Waals surface area contributed by atoms with E-state index in [-0.39, 0.29) is 19.3 Å². The Morgan fingerprint density at radius 2 is 1.47 bits per heavy atom. The van der Waals surface area contributed by atoms with Crippen molar-refractivity contribution in [3.63, 3.8) is 0 Å². The van der Waals surface area contributed by atoms with Crippen molar-refractivity contribution in [2.75, 3.05) is 18.6 Å². The number of hydrogen-bond acceptors (Lipinski definition) is 9. The van der Waals surface area contributed by atoms with Gasteiger partial charge >= 0.3 is 5.97 Å². The average Bonchev–Trinajstić information content (AvgIpc) is 2.76. The first kappa shape index (κ1) is 31.6. The molecule has 0 aromatic heterocycles. The van der Waals surface area contributed by atoms with Crippen molar-refractivity contribution in [3.8, 4) is 0 Å². The van der Waals surface area contributed by atoms with Gasteiger partial charge in [-0.05, 0) is 51.2 Å². The van der Waals surface area contributed by atoms with Crippen LogP contribution in [0.25, 0.3) is 0 Å². The van der Waals surface area contributed by atoms with Crippen molar-refractivity contribution in [2.45, 2.75) is 75.7 Å². The molecule has 4 amide bonds. The van der Waals surface area contributed by atoms with Gasteiger partial charge in [0.25, 0.3) is 0 Å². The van der Waals surface area contributed by atoms with Crippen LogP contribution in [-0.2, 0) is 24.0 Å². The second-order valence-corrected chi connectivity index (χ2v) is 8.85. The highest BCUT2D eigenvalue weighted by molar-refractivity contribution is 7.98. The summed E-state index contributed by atoms with van der Waals surface area (Å²) in [5.74, 6) is -3.84. The predicted octanol–water partition coefficient (Wildman–Crippen LogP) is -2.62. The molecule has 0 saturated carbocycles. The summed E-state index contributed by atoms with van der Waals surface area (Å²) in [6.07, 6.45) is 1.89. The number of aliphatic carboxylic acids is 1. The van der Waals surface area contributed by atoms with Gasteiger partial charge in [-0.25, -0.2) is 4.79 Å². The van der Waals surface area contributed by atoms with Crippen LogP contribution in [0, 0.1) is 0 Å². The summed E-state index contributed by atoms with van der Waals surface area (Å²) in [7, 11) is 0. The number of carbonyl (C=O) groups excluding carboxylic acids is 4. The summed E-state index contributed by atoms with van der Waals surface area (Å²) in [4.78, 5) is 60.6. The summed E-state index contributed by atoms with van der Waals surface area (Å²) in [5, 5.41) is 26.0. The van der Waals surface area contributed by atoms with Crippen LogP contribution in [0.4, 0.5) is 0 Å². The molecule has 5 atom stereocenters. The van der Waals surface area contributed by atoms with E-state index in [0.29, 0.717) is 31.6 Å². The van der Waals surface area contributed by atoms with Crippen molar-refractivity contribution < 1.29 is 34.2 Å². The van der Waals surface area contributed by atoms with Crippen molar-refractivity contribution in [2.24, 2.45) is 17.2 Å². The van der Waals surface area contributed by atoms with Crippen LogP contribution in [0.5, 0.6) is 0 Å².